The second-order valence-corrected chi connectivity index (χ2v) is 5.86. The zero-order valence-corrected chi connectivity index (χ0v) is 11.7. The van der Waals surface area contributed by atoms with E-state index in [0.717, 1.165) is 5.56 Å². The Hall–Kier alpha value is -1.36. The van der Waals surface area contributed by atoms with E-state index in [0.29, 0.717) is 15.6 Å². The highest BCUT2D eigenvalue weighted by Gasteiger charge is 2.15. The summed E-state index contributed by atoms with van der Waals surface area (Å²) in [4.78, 5) is 12.5. The number of aliphatic hydroxyl groups excluding tert-OH is 1. The van der Waals surface area contributed by atoms with Gasteiger partial charge in [-0.05, 0) is 24.1 Å². The molecule has 0 saturated carbocycles. The fourth-order valence-corrected chi connectivity index (χ4v) is 2.70. The molecule has 1 heterocycles. The molecule has 0 aliphatic carbocycles. The molecule has 1 amide bonds. The third kappa shape index (κ3) is 4.06. The molecule has 19 heavy (non-hydrogen) atoms. The molecular formula is C14H14ClNO2S. The van der Waals surface area contributed by atoms with Crippen LogP contribution in [0, 0.1) is 0 Å². The highest BCUT2D eigenvalue weighted by Crippen LogP contribution is 2.21. The van der Waals surface area contributed by atoms with Crippen molar-refractivity contribution < 1.29 is 9.90 Å². The number of thiophene rings is 1. The van der Waals surface area contributed by atoms with Gasteiger partial charge in [-0.25, -0.2) is 0 Å². The lowest BCUT2D eigenvalue weighted by atomic mass is 10.1. The molecule has 1 atom stereocenters. The van der Waals surface area contributed by atoms with E-state index in [1.165, 1.54) is 11.3 Å². The first-order valence-electron chi connectivity index (χ1n) is 5.90. The zero-order chi connectivity index (χ0) is 13.7. The van der Waals surface area contributed by atoms with E-state index >= 15 is 0 Å². The molecule has 0 aliphatic rings. The minimum absolute atomic E-state index is 0.0975. The summed E-state index contributed by atoms with van der Waals surface area (Å²) in [5.41, 5.74) is 1.08. The number of carbonyl (C=O) groups is 1. The summed E-state index contributed by atoms with van der Waals surface area (Å²) in [5.74, 6) is -0.202. The summed E-state index contributed by atoms with van der Waals surface area (Å²) in [5, 5.41) is 12.2. The van der Waals surface area contributed by atoms with Gasteiger partial charge in [0.2, 0.25) is 0 Å². The quantitative estimate of drug-likeness (QED) is 0.891. The summed E-state index contributed by atoms with van der Waals surface area (Å²) in [6.45, 7) is -0.0975. The standard InChI is InChI=1S/C14H14ClNO2S/c15-13-7-6-12(19-13)14(18)16-11(9-17)8-10-4-2-1-3-5-10/h1-7,11,17H,8-9H2,(H,16,18)/t11-/m0/s1. The van der Waals surface area contributed by atoms with Crippen molar-refractivity contribution >= 4 is 28.8 Å². The molecule has 0 radical (unpaired) electrons. The van der Waals surface area contributed by atoms with Crippen LogP contribution >= 0.6 is 22.9 Å². The van der Waals surface area contributed by atoms with E-state index in [1.807, 2.05) is 30.3 Å². The van der Waals surface area contributed by atoms with Crippen LogP contribution in [0.3, 0.4) is 0 Å². The number of amides is 1. The SMILES string of the molecule is O=C(N[C@H](CO)Cc1ccccc1)c1ccc(Cl)s1. The van der Waals surface area contributed by atoms with E-state index in [1.54, 1.807) is 12.1 Å². The van der Waals surface area contributed by atoms with Crippen LogP contribution in [-0.4, -0.2) is 23.7 Å². The zero-order valence-electron chi connectivity index (χ0n) is 10.2. The van der Waals surface area contributed by atoms with Gasteiger partial charge in [-0.1, -0.05) is 41.9 Å². The summed E-state index contributed by atoms with van der Waals surface area (Å²) >= 11 is 7.02. The van der Waals surface area contributed by atoms with Crippen LogP contribution in [0.5, 0.6) is 0 Å². The summed E-state index contributed by atoms with van der Waals surface area (Å²) < 4.78 is 0.578. The third-order valence-electron chi connectivity index (χ3n) is 2.68. The van der Waals surface area contributed by atoms with Crippen molar-refractivity contribution in [3.8, 4) is 0 Å². The molecule has 0 bridgehead atoms. The summed E-state index contributed by atoms with van der Waals surface area (Å²) in [6.07, 6.45) is 0.599. The highest BCUT2D eigenvalue weighted by atomic mass is 35.5. The molecule has 2 N–H and O–H groups in total. The van der Waals surface area contributed by atoms with Crippen LogP contribution in [0.2, 0.25) is 4.34 Å². The number of aliphatic hydroxyl groups is 1. The normalized spacial score (nSPS) is 12.1. The van der Waals surface area contributed by atoms with E-state index in [4.69, 9.17) is 11.6 Å². The maximum atomic E-state index is 11.9. The van der Waals surface area contributed by atoms with Gasteiger partial charge in [-0.15, -0.1) is 11.3 Å². The maximum absolute atomic E-state index is 11.9. The van der Waals surface area contributed by atoms with Gasteiger partial charge in [0.15, 0.2) is 0 Å². The van der Waals surface area contributed by atoms with Gasteiger partial charge in [0, 0.05) is 0 Å². The smallest absolute Gasteiger partial charge is 0.261 e. The number of halogens is 1. The van der Waals surface area contributed by atoms with Crippen LogP contribution < -0.4 is 5.32 Å². The Morgan fingerprint density at radius 1 is 1.26 bits per heavy atom. The molecule has 1 aromatic heterocycles. The van der Waals surface area contributed by atoms with Gasteiger partial charge in [-0.2, -0.15) is 0 Å². The Morgan fingerprint density at radius 3 is 2.58 bits per heavy atom. The van der Waals surface area contributed by atoms with Crippen LogP contribution in [0.15, 0.2) is 42.5 Å². The predicted molar refractivity (Wildman–Crippen MR) is 77.8 cm³/mol. The lowest BCUT2D eigenvalue weighted by Crippen LogP contribution is -2.38. The number of rotatable bonds is 5. The number of carbonyl (C=O) groups excluding carboxylic acids is 1. The molecule has 2 aromatic rings. The average molecular weight is 296 g/mol. The van der Waals surface area contributed by atoms with E-state index < -0.39 is 0 Å². The molecule has 0 spiro atoms. The number of nitrogens with one attached hydrogen (secondary N) is 1. The van der Waals surface area contributed by atoms with Gasteiger partial charge < -0.3 is 10.4 Å². The number of hydrogen-bond acceptors (Lipinski definition) is 3. The van der Waals surface area contributed by atoms with Gasteiger partial charge >= 0.3 is 0 Å². The van der Waals surface area contributed by atoms with Gasteiger partial charge in [-0.3, -0.25) is 4.79 Å². The summed E-state index contributed by atoms with van der Waals surface area (Å²) in [6, 6.07) is 12.8. The van der Waals surface area contributed by atoms with E-state index in [-0.39, 0.29) is 18.6 Å². The minimum atomic E-state index is -0.296. The topological polar surface area (TPSA) is 49.3 Å². The van der Waals surface area contributed by atoms with E-state index in [9.17, 15) is 9.90 Å². The molecule has 0 fully saturated rings. The second kappa shape index (κ2) is 6.70. The van der Waals surface area contributed by atoms with Crippen LogP contribution in [-0.2, 0) is 6.42 Å². The Kier molecular flexibility index (Phi) is 4.96. The first kappa shape index (κ1) is 14.1. The molecule has 0 saturated heterocycles. The van der Waals surface area contributed by atoms with Gasteiger partial charge in [0.25, 0.3) is 5.91 Å². The van der Waals surface area contributed by atoms with Crippen LogP contribution in [0.4, 0.5) is 0 Å². The highest BCUT2D eigenvalue weighted by molar-refractivity contribution is 7.17. The molecular weight excluding hydrogens is 282 g/mol. The fraction of sp³-hybridized carbons (Fsp3) is 0.214. The minimum Gasteiger partial charge on any atom is -0.394 e. The van der Waals surface area contributed by atoms with Crippen LogP contribution in [0.1, 0.15) is 15.2 Å². The lowest BCUT2D eigenvalue weighted by Gasteiger charge is -2.15. The molecule has 0 unspecified atom stereocenters. The second-order valence-electron chi connectivity index (χ2n) is 4.15. The summed E-state index contributed by atoms with van der Waals surface area (Å²) in [7, 11) is 0. The van der Waals surface area contributed by atoms with Crippen molar-refractivity contribution in [2.75, 3.05) is 6.61 Å². The first-order chi connectivity index (χ1) is 9.19. The molecule has 3 nitrogen and oxygen atoms in total. The van der Waals surface area contributed by atoms with Crippen molar-refractivity contribution in [1.82, 2.24) is 5.32 Å². The van der Waals surface area contributed by atoms with Crippen molar-refractivity contribution in [2.45, 2.75) is 12.5 Å². The Balaban J connectivity index is 1.97. The van der Waals surface area contributed by atoms with Gasteiger partial charge in [0.05, 0.1) is 21.9 Å². The van der Waals surface area contributed by atoms with E-state index in [2.05, 4.69) is 5.32 Å². The van der Waals surface area contributed by atoms with Crippen molar-refractivity contribution in [1.29, 1.82) is 0 Å². The first-order valence-corrected chi connectivity index (χ1v) is 7.09. The number of hydrogen-bond donors (Lipinski definition) is 2. The molecule has 1 aromatic carbocycles. The lowest BCUT2D eigenvalue weighted by molar-refractivity contribution is 0.0920. The van der Waals surface area contributed by atoms with Crippen LogP contribution in [0.25, 0.3) is 0 Å². The van der Waals surface area contributed by atoms with Crippen molar-refractivity contribution in [3.05, 3.63) is 57.2 Å². The fourth-order valence-electron chi connectivity index (χ4n) is 1.75. The third-order valence-corrected chi connectivity index (χ3v) is 3.91. The monoisotopic (exact) mass is 295 g/mol. The maximum Gasteiger partial charge on any atom is 0.261 e. The van der Waals surface area contributed by atoms with Crippen molar-refractivity contribution in [3.63, 3.8) is 0 Å². The Morgan fingerprint density at radius 2 is 2.00 bits per heavy atom. The van der Waals surface area contributed by atoms with Crippen molar-refractivity contribution in [2.24, 2.45) is 0 Å². The Labute approximate surface area is 120 Å². The Bertz CT molecular complexity index is 541. The number of benzene rings is 1. The molecule has 2 rings (SSSR count). The van der Waals surface area contributed by atoms with Gasteiger partial charge in [0.1, 0.15) is 0 Å². The molecule has 100 valence electrons. The largest absolute Gasteiger partial charge is 0.394 e. The molecule has 5 heteroatoms. The molecule has 0 aliphatic heterocycles. The predicted octanol–water partition coefficient (Wildman–Crippen LogP) is 2.73. The average Bonchev–Trinajstić information content (AvgIpc) is 2.86.